The van der Waals surface area contributed by atoms with Crippen LogP contribution in [0.25, 0.3) is 6.08 Å². The van der Waals surface area contributed by atoms with Crippen LogP contribution in [0.2, 0.25) is 0 Å². The lowest BCUT2D eigenvalue weighted by molar-refractivity contribution is 0.00578. The Morgan fingerprint density at radius 2 is 1.88 bits per heavy atom. The molecule has 1 saturated heterocycles. The van der Waals surface area contributed by atoms with E-state index in [0.717, 1.165) is 5.47 Å². The highest BCUT2D eigenvalue weighted by Gasteiger charge is 2.52. The molecule has 1 aliphatic rings. The third kappa shape index (κ3) is 3.48. The monoisotopic (exact) mass is 333 g/mol. The Morgan fingerprint density at radius 1 is 1.29 bits per heavy atom. The van der Waals surface area contributed by atoms with E-state index in [0.29, 0.717) is 5.56 Å². The number of phenolic OH excluding ortho intramolecular Hbond substituents is 1. The van der Waals surface area contributed by atoms with Gasteiger partial charge in [0.2, 0.25) is 0 Å². The summed E-state index contributed by atoms with van der Waals surface area (Å²) in [6.45, 7) is 8.12. The Morgan fingerprint density at radius 3 is 2.38 bits per heavy atom. The largest absolute Gasteiger partial charge is 0.507 e. The van der Waals surface area contributed by atoms with Crippen LogP contribution in [0.3, 0.4) is 0 Å². The van der Waals surface area contributed by atoms with Gasteiger partial charge >= 0.3 is 13.1 Å². The number of methoxy groups -OCH3 is 1. The van der Waals surface area contributed by atoms with Crippen LogP contribution in [0.15, 0.2) is 23.7 Å². The van der Waals surface area contributed by atoms with Crippen LogP contribution in [0.5, 0.6) is 5.75 Å². The van der Waals surface area contributed by atoms with E-state index < -0.39 is 24.3 Å². The molecule has 0 bridgehead atoms. The molecule has 1 fully saturated rings. The van der Waals surface area contributed by atoms with Crippen LogP contribution in [0, 0.1) is 0 Å². The minimum absolute atomic E-state index is 0.0940. The molecule has 0 unspecified atom stereocenters. The van der Waals surface area contributed by atoms with Gasteiger partial charge in [-0.25, -0.2) is 4.79 Å². The van der Waals surface area contributed by atoms with Crippen molar-refractivity contribution in [3.8, 4) is 5.75 Å². The molecule has 0 amide bonds. The summed E-state index contributed by atoms with van der Waals surface area (Å²) in [7, 11) is 0.704. The molecule has 2 rings (SSSR count). The lowest BCUT2D eigenvalue weighted by Crippen LogP contribution is -2.41. The smallest absolute Gasteiger partial charge is 0.491 e. The van der Waals surface area contributed by atoms with Crippen molar-refractivity contribution in [3.05, 3.63) is 34.8 Å². The first kappa shape index (κ1) is 18.5. The number of benzene rings is 1. The van der Waals surface area contributed by atoms with Gasteiger partial charge < -0.3 is 24.9 Å². The van der Waals surface area contributed by atoms with Crippen LogP contribution >= 0.6 is 0 Å². The van der Waals surface area contributed by atoms with Crippen molar-refractivity contribution in [1.82, 2.24) is 0 Å². The molecule has 3 N–H and O–H groups in total. The highest BCUT2D eigenvalue weighted by Crippen LogP contribution is 2.38. The van der Waals surface area contributed by atoms with Gasteiger partial charge in [-0.05, 0) is 50.9 Å². The molecule has 0 aliphatic carbocycles. The topological polar surface area (TPSA) is 91.0 Å². The number of carbonyl (C=O) groups excluding carboxylic acids is 1. The molecule has 0 saturated carbocycles. The van der Waals surface area contributed by atoms with E-state index in [-0.39, 0.29) is 17.9 Å². The van der Waals surface area contributed by atoms with Crippen LogP contribution in [-0.2, 0) is 14.0 Å². The average molecular weight is 333 g/mol. The Bertz CT molecular complexity index is 653. The fourth-order valence-corrected chi connectivity index (χ4v) is 2.35. The summed E-state index contributed by atoms with van der Waals surface area (Å²) >= 11 is 0. The highest BCUT2D eigenvalue weighted by atomic mass is 16.7. The van der Waals surface area contributed by atoms with Crippen molar-refractivity contribution in [3.63, 3.8) is 0 Å². The van der Waals surface area contributed by atoms with E-state index >= 15 is 0 Å². The number of carbonyl (C=O) groups is 1. The molecule has 130 valence electrons. The second kappa shape index (κ2) is 6.59. The second-order valence-electron chi connectivity index (χ2n) is 6.78. The number of nitrogens with two attached hydrogens (primary N) is 1. The molecule has 1 aliphatic heterocycles. The Labute approximate surface area is 142 Å². The summed E-state index contributed by atoms with van der Waals surface area (Å²) in [6.07, 6.45) is 1.80. The summed E-state index contributed by atoms with van der Waals surface area (Å²) in [5, 5.41) is 9.78. The molecule has 0 aromatic heterocycles. The fraction of sp³-hybridized carbons (Fsp3) is 0.471. The maximum atomic E-state index is 11.7. The summed E-state index contributed by atoms with van der Waals surface area (Å²) in [5.74, 6) is -0.739. The van der Waals surface area contributed by atoms with Gasteiger partial charge in [-0.1, -0.05) is 12.1 Å². The molecule has 24 heavy (non-hydrogen) atoms. The van der Waals surface area contributed by atoms with Crippen LogP contribution in [0.1, 0.15) is 43.6 Å². The minimum atomic E-state index is -0.604. The van der Waals surface area contributed by atoms with Gasteiger partial charge in [-0.3, -0.25) is 0 Å². The molecule has 0 atom stereocenters. The van der Waals surface area contributed by atoms with Crippen LogP contribution in [-0.4, -0.2) is 43.1 Å². The zero-order chi connectivity index (χ0) is 18.1. The zero-order valence-corrected chi connectivity index (χ0v) is 14.8. The molecule has 1 aromatic carbocycles. The minimum Gasteiger partial charge on any atom is -0.507 e. The van der Waals surface area contributed by atoms with Gasteiger partial charge in [-0.15, -0.1) is 0 Å². The van der Waals surface area contributed by atoms with Crippen LogP contribution in [0.4, 0.5) is 0 Å². The number of hydrogen-bond acceptors (Lipinski definition) is 6. The lowest BCUT2D eigenvalue weighted by Gasteiger charge is -2.32. The maximum Gasteiger partial charge on any atom is 0.491 e. The number of hydrogen-bond donors (Lipinski definition) is 2. The predicted octanol–water partition coefficient (Wildman–Crippen LogP) is 2.15. The molecule has 7 heteroatoms. The van der Waals surface area contributed by atoms with Crippen LogP contribution < -0.4 is 5.73 Å². The molecule has 1 heterocycles. The summed E-state index contributed by atoms with van der Waals surface area (Å²) in [4.78, 5) is 11.7. The first-order valence-corrected chi connectivity index (χ1v) is 7.79. The third-order valence-electron chi connectivity index (χ3n) is 4.57. The van der Waals surface area contributed by atoms with E-state index in [9.17, 15) is 9.90 Å². The Kier molecular flexibility index (Phi) is 5.08. The number of rotatable bonds is 4. The molecule has 6 nitrogen and oxygen atoms in total. The van der Waals surface area contributed by atoms with Gasteiger partial charge in [0.05, 0.1) is 18.3 Å². The predicted molar refractivity (Wildman–Crippen MR) is 92.6 cm³/mol. The fourth-order valence-electron chi connectivity index (χ4n) is 2.35. The summed E-state index contributed by atoms with van der Waals surface area (Å²) in [6, 6.07) is 4.67. The quantitative estimate of drug-likeness (QED) is 0.648. The molecule has 0 radical (unpaired) electrons. The van der Waals surface area contributed by atoms with E-state index in [2.05, 4.69) is 4.74 Å². The van der Waals surface area contributed by atoms with Crippen molar-refractivity contribution >= 4 is 19.2 Å². The number of ether oxygens (including phenoxy) is 1. The zero-order valence-electron chi connectivity index (χ0n) is 14.8. The van der Waals surface area contributed by atoms with Gasteiger partial charge in [0.15, 0.2) is 0 Å². The second-order valence-corrected chi connectivity index (χ2v) is 6.78. The van der Waals surface area contributed by atoms with Gasteiger partial charge in [0.25, 0.3) is 0 Å². The lowest BCUT2D eigenvalue weighted by atomic mass is 9.77. The molecular formula is C17H24BNO5. The Hall–Kier alpha value is -1.83. The standard InChI is InChI=1S/C17H24BNO5/c1-16(2)17(3,4)24-18(23-16)12(10-19)8-11-6-7-14(20)13(9-11)15(21)22-5/h6-9,20H,10,19H2,1-5H3. The van der Waals surface area contributed by atoms with E-state index in [4.69, 9.17) is 15.0 Å². The van der Waals surface area contributed by atoms with Gasteiger partial charge in [0.1, 0.15) is 11.3 Å². The highest BCUT2D eigenvalue weighted by molar-refractivity contribution is 6.55. The SMILES string of the molecule is COC(=O)c1cc(C=C(CN)B2OC(C)(C)C(C)(C)O2)ccc1O. The van der Waals surface area contributed by atoms with E-state index in [1.807, 2.05) is 27.7 Å². The van der Waals surface area contributed by atoms with Crippen molar-refractivity contribution in [2.75, 3.05) is 13.7 Å². The third-order valence-corrected chi connectivity index (χ3v) is 4.57. The van der Waals surface area contributed by atoms with Gasteiger partial charge in [-0.2, -0.15) is 0 Å². The van der Waals surface area contributed by atoms with Gasteiger partial charge in [0, 0.05) is 6.54 Å². The summed E-state index contributed by atoms with van der Waals surface area (Å²) in [5.41, 5.74) is 6.48. The van der Waals surface area contributed by atoms with Crippen molar-refractivity contribution in [2.24, 2.45) is 5.73 Å². The maximum absolute atomic E-state index is 11.7. The van der Waals surface area contributed by atoms with Crippen molar-refractivity contribution in [1.29, 1.82) is 0 Å². The molecule has 1 aromatic rings. The summed E-state index contributed by atoms with van der Waals surface area (Å²) < 4.78 is 16.7. The normalized spacial score (nSPS) is 19.4. The van der Waals surface area contributed by atoms with Crippen molar-refractivity contribution in [2.45, 2.75) is 38.9 Å². The molecular weight excluding hydrogens is 309 g/mol. The van der Waals surface area contributed by atoms with E-state index in [1.165, 1.54) is 13.2 Å². The first-order chi connectivity index (χ1) is 11.1. The average Bonchev–Trinajstić information content (AvgIpc) is 2.73. The van der Waals surface area contributed by atoms with Crippen molar-refractivity contribution < 1.29 is 23.9 Å². The number of esters is 1. The van der Waals surface area contributed by atoms with E-state index in [1.54, 1.807) is 18.2 Å². The Balaban J connectivity index is 2.34. The first-order valence-electron chi connectivity index (χ1n) is 7.79. The number of phenols is 1. The molecule has 0 spiro atoms. The number of aromatic hydroxyl groups is 1.